The first-order valence-corrected chi connectivity index (χ1v) is 7.33. The number of benzene rings is 1. The first-order valence-electron chi connectivity index (χ1n) is 7.33. The van der Waals surface area contributed by atoms with Crippen molar-refractivity contribution in [3.8, 4) is 0 Å². The Hall–Kier alpha value is -1.35. The van der Waals surface area contributed by atoms with E-state index in [-0.39, 0.29) is 0 Å². The molecule has 0 bridgehead atoms. The molecule has 1 aliphatic carbocycles. The number of aryl methyl sites for hydroxylation is 2. The second-order valence-corrected chi connectivity index (χ2v) is 6.22. The quantitative estimate of drug-likeness (QED) is 0.848. The van der Waals surface area contributed by atoms with Gasteiger partial charge >= 0.3 is 0 Å². The van der Waals surface area contributed by atoms with Gasteiger partial charge in [0.15, 0.2) is 5.58 Å². The van der Waals surface area contributed by atoms with E-state index in [1.807, 2.05) is 0 Å². The molecule has 100 valence electrons. The van der Waals surface area contributed by atoms with Gasteiger partial charge in [-0.3, -0.25) is 0 Å². The highest BCUT2D eigenvalue weighted by Gasteiger charge is 2.41. The summed E-state index contributed by atoms with van der Waals surface area (Å²) in [4.78, 5) is 4.75. The zero-order valence-electron chi connectivity index (χ0n) is 11.6. The second-order valence-electron chi connectivity index (χ2n) is 6.22. The van der Waals surface area contributed by atoms with Gasteiger partial charge in [-0.25, -0.2) is 4.98 Å². The zero-order chi connectivity index (χ0) is 13.0. The van der Waals surface area contributed by atoms with E-state index in [9.17, 15) is 0 Å². The smallest absolute Gasteiger partial charge is 0.212 e. The molecule has 0 spiro atoms. The normalized spacial score (nSPS) is 30.1. The van der Waals surface area contributed by atoms with Crippen LogP contribution in [0.4, 0.5) is 0 Å². The van der Waals surface area contributed by atoms with Crippen LogP contribution in [0.5, 0.6) is 0 Å². The first-order chi connectivity index (χ1) is 9.22. The molecule has 0 amide bonds. The molecule has 1 aliphatic heterocycles. The molecular weight excluding hydrogens is 236 g/mol. The molecule has 3 atom stereocenters. The summed E-state index contributed by atoms with van der Waals surface area (Å²) < 4.78 is 6.07. The van der Waals surface area contributed by atoms with Gasteiger partial charge in [0.2, 0.25) is 5.89 Å². The van der Waals surface area contributed by atoms with Crippen molar-refractivity contribution in [2.24, 2.45) is 11.8 Å². The number of nitrogens with zero attached hydrogens (tertiary/aromatic N) is 1. The van der Waals surface area contributed by atoms with E-state index in [1.54, 1.807) is 0 Å². The Kier molecular flexibility index (Phi) is 2.46. The van der Waals surface area contributed by atoms with Crippen LogP contribution in [0.2, 0.25) is 0 Å². The maximum absolute atomic E-state index is 6.07. The number of hydrogen-bond donors (Lipinski definition) is 1. The van der Waals surface area contributed by atoms with Gasteiger partial charge < -0.3 is 9.73 Å². The standard InChI is InChI=1S/C16H20N2O/c1-9-6-10(2)15-13(7-9)18-16(19-15)14-12-5-3-4-11(12)8-17-14/h6-7,11-12,14,17H,3-5,8H2,1-2H3. The average molecular weight is 256 g/mol. The number of fused-ring (bicyclic) bond motifs is 2. The monoisotopic (exact) mass is 256 g/mol. The molecule has 1 N–H and O–H groups in total. The van der Waals surface area contributed by atoms with E-state index < -0.39 is 0 Å². The minimum absolute atomic E-state index is 0.333. The lowest BCUT2D eigenvalue weighted by molar-refractivity contribution is 0.356. The maximum Gasteiger partial charge on any atom is 0.212 e. The van der Waals surface area contributed by atoms with Crippen molar-refractivity contribution in [3.05, 3.63) is 29.2 Å². The molecule has 2 aliphatic rings. The van der Waals surface area contributed by atoms with Crippen LogP contribution in [0, 0.1) is 25.7 Å². The lowest BCUT2D eigenvalue weighted by atomic mass is 9.94. The van der Waals surface area contributed by atoms with Crippen molar-refractivity contribution in [2.75, 3.05) is 6.54 Å². The number of oxazole rings is 1. The van der Waals surface area contributed by atoms with Crippen LogP contribution in [-0.2, 0) is 0 Å². The van der Waals surface area contributed by atoms with Gasteiger partial charge in [0.05, 0.1) is 6.04 Å². The highest BCUT2D eigenvalue weighted by molar-refractivity contribution is 5.77. The topological polar surface area (TPSA) is 38.1 Å². The van der Waals surface area contributed by atoms with Crippen molar-refractivity contribution < 1.29 is 4.42 Å². The van der Waals surface area contributed by atoms with Crippen molar-refractivity contribution in [1.82, 2.24) is 10.3 Å². The van der Waals surface area contributed by atoms with Gasteiger partial charge in [-0.1, -0.05) is 12.5 Å². The van der Waals surface area contributed by atoms with Gasteiger partial charge in [0.1, 0.15) is 5.52 Å². The molecular formula is C16H20N2O. The Labute approximate surface area is 113 Å². The molecule has 1 saturated heterocycles. The summed E-state index contributed by atoms with van der Waals surface area (Å²) in [6, 6.07) is 4.62. The number of hydrogen-bond acceptors (Lipinski definition) is 3. The van der Waals surface area contributed by atoms with Crippen LogP contribution in [0.15, 0.2) is 16.5 Å². The minimum Gasteiger partial charge on any atom is -0.439 e. The predicted molar refractivity (Wildman–Crippen MR) is 75.1 cm³/mol. The maximum atomic E-state index is 6.07. The van der Waals surface area contributed by atoms with Crippen LogP contribution in [-0.4, -0.2) is 11.5 Å². The molecule has 2 heterocycles. The Morgan fingerprint density at radius 2 is 2.16 bits per heavy atom. The number of nitrogens with one attached hydrogen (secondary N) is 1. The molecule has 3 unspecified atom stereocenters. The van der Waals surface area contributed by atoms with Gasteiger partial charge in [0.25, 0.3) is 0 Å². The first kappa shape index (κ1) is 11.5. The molecule has 4 rings (SSSR count). The minimum atomic E-state index is 0.333. The largest absolute Gasteiger partial charge is 0.439 e. The fourth-order valence-electron chi connectivity index (χ4n) is 3.98. The van der Waals surface area contributed by atoms with E-state index in [0.717, 1.165) is 35.4 Å². The molecule has 1 saturated carbocycles. The fourth-order valence-corrected chi connectivity index (χ4v) is 3.98. The molecule has 2 aromatic rings. The fraction of sp³-hybridized carbons (Fsp3) is 0.562. The Balaban J connectivity index is 1.77. The van der Waals surface area contributed by atoms with Crippen molar-refractivity contribution >= 4 is 11.1 Å². The average Bonchev–Trinajstić information content (AvgIpc) is 2.99. The van der Waals surface area contributed by atoms with Gasteiger partial charge in [0, 0.05) is 0 Å². The SMILES string of the molecule is Cc1cc(C)c2oc(C3NCC4CCCC43)nc2c1. The summed E-state index contributed by atoms with van der Waals surface area (Å²) in [7, 11) is 0. The van der Waals surface area contributed by atoms with Crippen molar-refractivity contribution in [2.45, 2.75) is 39.2 Å². The van der Waals surface area contributed by atoms with E-state index in [2.05, 4.69) is 31.3 Å². The molecule has 1 aromatic carbocycles. The van der Waals surface area contributed by atoms with Crippen molar-refractivity contribution in [3.63, 3.8) is 0 Å². The van der Waals surface area contributed by atoms with Crippen LogP contribution in [0.3, 0.4) is 0 Å². The van der Waals surface area contributed by atoms with Gasteiger partial charge in [-0.05, 0) is 62.3 Å². The third-order valence-electron chi connectivity index (χ3n) is 4.85. The zero-order valence-corrected chi connectivity index (χ0v) is 11.6. The Morgan fingerprint density at radius 3 is 3.05 bits per heavy atom. The Bertz CT molecular complexity index is 631. The van der Waals surface area contributed by atoms with E-state index in [0.29, 0.717) is 6.04 Å². The molecule has 0 radical (unpaired) electrons. The summed E-state index contributed by atoms with van der Waals surface area (Å²) in [5, 5.41) is 3.61. The summed E-state index contributed by atoms with van der Waals surface area (Å²) in [5.41, 5.74) is 4.41. The van der Waals surface area contributed by atoms with E-state index in [4.69, 9.17) is 9.40 Å². The van der Waals surface area contributed by atoms with Crippen LogP contribution >= 0.6 is 0 Å². The van der Waals surface area contributed by atoms with Crippen molar-refractivity contribution in [1.29, 1.82) is 0 Å². The van der Waals surface area contributed by atoms with E-state index in [1.165, 1.54) is 30.4 Å². The lowest BCUT2D eigenvalue weighted by Crippen LogP contribution is -2.17. The van der Waals surface area contributed by atoms with Gasteiger partial charge in [-0.15, -0.1) is 0 Å². The molecule has 2 fully saturated rings. The highest BCUT2D eigenvalue weighted by atomic mass is 16.3. The summed E-state index contributed by atoms with van der Waals surface area (Å²) in [6.07, 6.45) is 4.05. The van der Waals surface area contributed by atoms with Crippen LogP contribution in [0.1, 0.15) is 42.3 Å². The lowest BCUT2D eigenvalue weighted by Gasteiger charge is -2.13. The highest BCUT2D eigenvalue weighted by Crippen LogP contribution is 2.44. The number of rotatable bonds is 1. The Morgan fingerprint density at radius 1 is 1.26 bits per heavy atom. The van der Waals surface area contributed by atoms with Crippen LogP contribution < -0.4 is 5.32 Å². The molecule has 19 heavy (non-hydrogen) atoms. The molecule has 3 nitrogen and oxygen atoms in total. The summed E-state index contributed by atoms with van der Waals surface area (Å²) in [6.45, 7) is 5.35. The molecule has 1 aromatic heterocycles. The third kappa shape index (κ3) is 1.71. The second kappa shape index (κ2) is 4.07. The third-order valence-corrected chi connectivity index (χ3v) is 4.85. The van der Waals surface area contributed by atoms with E-state index >= 15 is 0 Å². The van der Waals surface area contributed by atoms with Gasteiger partial charge in [-0.2, -0.15) is 0 Å². The number of aromatic nitrogens is 1. The summed E-state index contributed by atoms with van der Waals surface area (Å²) in [5.74, 6) is 2.47. The molecule has 3 heteroatoms. The summed E-state index contributed by atoms with van der Waals surface area (Å²) >= 11 is 0. The predicted octanol–water partition coefficient (Wildman–Crippen LogP) is 3.51. The van der Waals surface area contributed by atoms with Crippen LogP contribution in [0.25, 0.3) is 11.1 Å².